The molecule has 4 rings (SSSR count). The molecule has 0 N–H and O–H groups in total. The molecule has 3 aromatic carbocycles. The molecule has 3 aromatic rings. The molecular weight excluding hydrogens is 455 g/mol. The first-order valence-corrected chi connectivity index (χ1v) is 10.1. The first-order valence-electron chi connectivity index (χ1n) is 10.1. The van der Waals surface area contributed by atoms with Gasteiger partial charge in [0.05, 0.1) is 11.3 Å². The van der Waals surface area contributed by atoms with Crippen LogP contribution < -0.4 is 9.75 Å². The van der Waals surface area contributed by atoms with Crippen LogP contribution in [0.4, 0.5) is 27.6 Å². The van der Waals surface area contributed by atoms with E-state index in [1.165, 1.54) is 13.0 Å². The second-order valence-corrected chi connectivity index (χ2v) is 7.63. The molecule has 1 aliphatic rings. The Labute approximate surface area is 191 Å². The summed E-state index contributed by atoms with van der Waals surface area (Å²) < 4.78 is 74.5. The number of aryl methyl sites for hydroxylation is 1. The molecule has 9 heteroatoms. The number of amides is 1. The zero-order valence-corrected chi connectivity index (χ0v) is 18.0. The summed E-state index contributed by atoms with van der Waals surface area (Å²) in [7, 11) is 0. The van der Waals surface area contributed by atoms with Crippen LogP contribution in [0.1, 0.15) is 23.6 Å². The maximum atomic E-state index is 14.2. The molecule has 1 heterocycles. The Kier molecular flexibility index (Phi) is 6.19. The highest BCUT2D eigenvalue weighted by Crippen LogP contribution is 2.34. The second kappa shape index (κ2) is 9.09. The lowest BCUT2D eigenvalue weighted by molar-refractivity contribution is -0.114. The molecule has 0 aromatic heterocycles. The van der Waals surface area contributed by atoms with Crippen LogP contribution in [0.25, 0.3) is 6.08 Å². The molecule has 0 unspecified atom stereocenters. The number of hydrogen-bond acceptors (Lipinski definition) is 3. The molecule has 174 valence electrons. The molecule has 0 fully saturated rings. The van der Waals surface area contributed by atoms with Crippen LogP contribution in [-0.2, 0) is 11.4 Å². The monoisotopic (exact) mass is 472 g/mol. The van der Waals surface area contributed by atoms with E-state index in [0.29, 0.717) is 17.9 Å². The molecule has 0 bridgehead atoms. The fraction of sp³-hybridized carbons (Fsp3) is 0.120. The lowest BCUT2D eigenvalue weighted by Gasteiger charge is -2.15. The standard InChI is InChI=1S/C25H17F5N2O2/c1-13-4-3-5-16(10-13)12-34-17-8-6-15(7-9-17)11-18-14(2)31-32(25(18)33)24-22(29)20(27)19(26)21(28)23(24)30/h3-11H,12H2,1-2H3/b18-11+. The van der Waals surface area contributed by atoms with E-state index >= 15 is 0 Å². The molecule has 0 atom stereocenters. The van der Waals surface area contributed by atoms with Gasteiger partial charge in [0.15, 0.2) is 23.3 Å². The minimum absolute atomic E-state index is 0.0497. The largest absolute Gasteiger partial charge is 0.489 e. The number of hydrogen-bond donors (Lipinski definition) is 0. The molecule has 0 radical (unpaired) electrons. The third-order valence-electron chi connectivity index (χ3n) is 5.14. The number of nitrogens with zero attached hydrogens (tertiary/aromatic N) is 2. The van der Waals surface area contributed by atoms with Crippen LogP contribution in [-0.4, -0.2) is 11.6 Å². The van der Waals surface area contributed by atoms with Crippen LogP contribution in [0.3, 0.4) is 0 Å². The average molecular weight is 472 g/mol. The lowest BCUT2D eigenvalue weighted by atomic mass is 10.1. The minimum atomic E-state index is -2.31. The Bertz CT molecular complexity index is 1320. The average Bonchev–Trinajstić information content (AvgIpc) is 3.09. The van der Waals surface area contributed by atoms with Crippen molar-refractivity contribution in [3.8, 4) is 5.75 Å². The van der Waals surface area contributed by atoms with E-state index in [-0.39, 0.29) is 16.3 Å². The Morgan fingerprint density at radius 2 is 1.50 bits per heavy atom. The zero-order chi connectivity index (χ0) is 24.6. The van der Waals surface area contributed by atoms with Gasteiger partial charge in [-0.15, -0.1) is 0 Å². The van der Waals surface area contributed by atoms with Gasteiger partial charge >= 0.3 is 0 Å². The first-order chi connectivity index (χ1) is 16.2. The number of hydrazone groups is 1. The van der Waals surface area contributed by atoms with Gasteiger partial charge in [0.2, 0.25) is 5.82 Å². The van der Waals surface area contributed by atoms with Crippen molar-refractivity contribution in [1.82, 2.24) is 0 Å². The van der Waals surface area contributed by atoms with Gasteiger partial charge in [-0.05, 0) is 43.2 Å². The fourth-order valence-corrected chi connectivity index (χ4v) is 3.41. The number of rotatable bonds is 5. The van der Waals surface area contributed by atoms with Crippen molar-refractivity contribution in [3.05, 3.63) is 99.9 Å². The molecule has 0 saturated heterocycles. The van der Waals surface area contributed by atoms with Gasteiger partial charge in [0.1, 0.15) is 18.0 Å². The van der Waals surface area contributed by atoms with Crippen LogP contribution in [0.2, 0.25) is 0 Å². The van der Waals surface area contributed by atoms with E-state index in [9.17, 15) is 26.7 Å². The third kappa shape index (κ3) is 4.28. The Morgan fingerprint density at radius 3 is 2.12 bits per heavy atom. The SMILES string of the molecule is CC1=NN(c2c(F)c(F)c(F)c(F)c2F)C(=O)/C1=C/c1ccc(OCc2cccc(C)c2)cc1. The van der Waals surface area contributed by atoms with Gasteiger partial charge in [0, 0.05) is 0 Å². The van der Waals surface area contributed by atoms with Gasteiger partial charge in [-0.25, -0.2) is 22.0 Å². The quantitative estimate of drug-likeness (QED) is 0.196. The maximum Gasteiger partial charge on any atom is 0.280 e. The Balaban J connectivity index is 1.55. The van der Waals surface area contributed by atoms with Gasteiger partial charge in [0.25, 0.3) is 5.91 Å². The van der Waals surface area contributed by atoms with E-state index in [1.807, 2.05) is 31.2 Å². The third-order valence-corrected chi connectivity index (χ3v) is 5.14. The van der Waals surface area contributed by atoms with Crippen molar-refractivity contribution in [2.24, 2.45) is 5.10 Å². The Hall–Kier alpha value is -4.01. The van der Waals surface area contributed by atoms with Gasteiger partial charge < -0.3 is 4.74 Å². The summed E-state index contributed by atoms with van der Waals surface area (Å²) in [6, 6.07) is 14.5. The number of carbonyl (C=O) groups excluding carboxylic acids is 1. The van der Waals surface area contributed by atoms with Crippen molar-refractivity contribution in [2.45, 2.75) is 20.5 Å². The van der Waals surface area contributed by atoms with Crippen molar-refractivity contribution >= 4 is 23.4 Å². The number of carbonyl (C=O) groups is 1. The second-order valence-electron chi connectivity index (χ2n) is 7.63. The van der Waals surface area contributed by atoms with Gasteiger partial charge in [-0.2, -0.15) is 10.1 Å². The van der Waals surface area contributed by atoms with E-state index in [2.05, 4.69) is 5.10 Å². The topological polar surface area (TPSA) is 41.9 Å². The summed E-state index contributed by atoms with van der Waals surface area (Å²) in [6.07, 6.45) is 1.40. The molecule has 4 nitrogen and oxygen atoms in total. The fourth-order valence-electron chi connectivity index (χ4n) is 3.41. The van der Waals surface area contributed by atoms with E-state index in [0.717, 1.165) is 11.1 Å². The normalized spacial score (nSPS) is 14.7. The number of anilines is 1. The Morgan fingerprint density at radius 1 is 0.882 bits per heavy atom. The molecule has 1 aliphatic heterocycles. The van der Waals surface area contributed by atoms with Crippen LogP contribution >= 0.6 is 0 Å². The van der Waals surface area contributed by atoms with Crippen molar-refractivity contribution in [2.75, 3.05) is 5.01 Å². The van der Waals surface area contributed by atoms with E-state index in [4.69, 9.17) is 4.74 Å². The molecule has 0 saturated carbocycles. The van der Waals surface area contributed by atoms with Gasteiger partial charge in [-0.1, -0.05) is 42.0 Å². The summed E-state index contributed by atoms with van der Waals surface area (Å²) in [5.74, 6) is -11.4. The summed E-state index contributed by atoms with van der Waals surface area (Å²) in [6.45, 7) is 3.73. The highest BCUT2D eigenvalue weighted by Gasteiger charge is 2.36. The number of ether oxygens (including phenoxy) is 1. The van der Waals surface area contributed by atoms with Crippen molar-refractivity contribution < 1.29 is 31.5 Å². The number of benzene rings is 3. The van der Waals surface area contributed by atoms with Crippen LogP contribution in [0.15, 0.2) is 59.2 Å². The minimum Gasteiger partial charge on any atom is -0.489 e. The van der Waals surface area contributed by atoms with Crippen molar-refractivity contribution in [1.29, 1.82) is 0 Å². The maximum absolute atomic E-state index is 14.2. The molecule has 0 aliphatic carbocycles. The zero-order valence-electron chi connectivity index (χ0n) is 18.0. The summed E-state index contributed by atoms with van der Waals surface area (Å²) in [5, 5.41) is 3.89. The smallest absolute Gasteiger partial charge is 0.280 e. The predicted octanol–water partition coefficient (Wildman–Crippen LogP) is 6.08. The van der Waals surface area contributed by atoms with Gasteiger partial charge in [-0.3, -0.25) is 4.79 Å². The molecular formula is C25H17F5N2O2. The highest BCUT2D eigenvalue weighted by molar-refractivity contribution is 6.32. The summed E-state index contributed by atoms with van der Waals surface area (Å²) >= 11 is 0. The predicted molar refractivity (Wildman–Crippen MR) is 117 cm³/mol. The summed E-state index contributed by atoms with van der Waals surface area (Å²) in [5.41, 5.74) is 1.22. The van der Waals surface area contributed by atoms with Crippen LogP contribution in [0, 0.1) is 36.0 Å². The van der Waals surface area contributed by atoms with E-state index in [1.54, 1.807) is 24.3 Å². The number of halogens is 5. The van der Waals surface area contributed by atoms with Crippen molar-refractivity contribution in [3.63, 3.8) is 0 Å². The summed E-state index contributed by atoms with van der Waals surface area (Å²) in [4.78, 5) is 12.7. The molecule has 34 heavy (non-hydrogen) atoms. The highest BCUT2D eigenvalue weighted by atomic mass is 19.2. The van der Waals surface area contributed by atoms with Crippen LogP contribution in [0.5, 0.6) is 5.75 Å². The molecule has 1 amide bonds. The molecule has 0 spiro atoms. The lowest BCUT2D eigenvalue weighted by Crippen LogP contribution is -2.25. The van der Waals surface area contributed by atoms with E-state index < -0.39 is 40.7 Å². The first kappa shape index (κ1) is 23.2.